The van der Waals surface area contributed by atoms with Crippen molar-refractivity contribution in [2.24, 2.45) is 0 Å². The Kier molecular flexibility index (Phi) is 2.67. The molecule has 0 spiro atoms. The van der Waals surface area contributed by atoms with Crippen LogP contribution in [0.2, 0.25) is 0 Å². The first-order valence-electron chi connectivity index (χ1n) is 4.08. The van der Waals surface area contributed by atoms with E-state index in [9.17, 15) is 4.79 Å². The zero-order chi connectivity index (χ0) is 10.8. The van der Waals surface area contributed by atoms with Gasteiger partial charge in [0.05, 0.1) is 6.20 Å². The van der Waals surface area contributed by atoms with E-state index < -0.39 is 5.97 Å². The van der Waals surface area contributed by atoms with Gasteiger partial charge in [-0.25, -0.2) is 14.5 Å². The first-order valence-corrected chi connectivity index (χ1v) is 5.16. The van der Waals surface area contributed by atoms with Crippen molar-refractivity contribution in [2.45, 2.75) is 0 Å². The van der Waals surface area contributed by atoms with Crippen molar-refractivity contribution < 1.29 is 9.90 Å². The van der Waals surface area contributed by atoms with Gasteiger partial charge < -0.3 is 5.11 Å². The molecule has 0 bridgehead atoms. The molecule has 0 aliphatic rings. The Morgan fingerprint density at radius 1 is 1.47 bits per heavy atom. The fourth-order valence-corrected chi connectivity index (χ4v) is 1.86. The highest BCUT2D eigenvalue weighted by atomic mass is 127. The summed E-state index contributed by atoms with van der Waals surface area (Å²) in [5, 5.41) is 12.8. The van der Waals surface area contributed by atoms with Gasteiger partial charge in [-0.2, -0.15) is 5.10 Å². The number of hydrogen-bond acceptors (Lipinski definition) is 3. The molecule has 0 saturated carbocycles. The lowest BCUT2D eigenvalue weighted by atomic mass is 10.4. The highest BCUT2D eigenvalue weighted by Gasteiger charge is 2.15. The molecule has 0 aliphatic heterocycles. The third-order valence-electron chi connectivity index (χ3n) is 1.81. The molecule has 2 rings (SSSR count). The van der Waals surface area contributed by atoms with Crippen molar-refractivity contribution in [3.05, 3.63) is 39.9 Å². The third kappa shape index (κ3) is 1.84. The highest BCUT2D eigenvalue weighted by molar-refractivity contribution is 14.1. The van der Waals surface area contributed by atoms with Crippen LogP contribution in [0.3, 0.4) is 0 Å². The zero-order valence-electron chi connectivity index (χ0n) is 7.46. The molecule has 2 aromatic heterocycles. The molecule has 0 radical (unpaired) electrons. The molecule has 2 heterocycles. The molecule has 15 heavy (non-hydrogen) atoms. The second kappa shape index (κ2) is 3.97. The number of carboxylic acids is 1. The van der Waals surface area contributed by atoms with Crippen LogP contribution in [0.1, 0.15) is 10.4 Å². The van der Waals surface area contributed by atoms with Crippen LogP contribution < -0.4 is 0 Å². The fraction of sp³-hybridized carbons (Fsp3) is 0. The van der Waals surface area contributed by atoms with Crippen LogP contribution in [0.5, 0.6) is 0 Å². The molecule has 0 saturated heterocycles. The third-order valence-corrected chi connectivity index (χ3v) is 2.85. The molecule has 0 amide bonds. The topological polar surface area (TPSA) is 68.0 Å². The van der Waals surface area contributed by atoms with E-state index >= 15 is 0 Å². The number of carboxylic acid groups (broad SMARTS) is 1. The number of aromatic nitrogens is 3. The fourth-order valence-electron chi connectivity index (χ4n) is 1.12. The molecular weight excluding hydrogens is 309 g/mol. The summed E-state index contributed by atoms with van der Waals surface area (Å²) in [7, 11) is 0. The minimum atomic E-state index is -0.985. The minimum absolute atomic E-state index is 0.182. The molecule has 0 atom stereocenters. The number of carbonyl (C=O) groups is 1. The summed E-state index contributed by atoms with van der Waals surface area (Å²) in [5.41, 5.74) is 0.182. The average Bonchev–Trinajstić information content (AvgIpc) is 2.61. The molecule has 0 aromatic carbocycles. The molecule has 5 nitrogen and oxygen atoms in total. The summed E-state index contributed by atoms with van der Waals surface area (Å²) >= 11 is 1.93. The van der Waals surface area contributed by atoms with Gasteiger partial charge in [0.1, 0.15) is 9.26 Å². The molecule has 1 N–H and O–H groups in total. The maximum absolute atomic E-state index is 10.8. The summed E-state index contributed by atoms with van der Waals surface area (Å²) in [6.07, 6.45) is 2.95. The first-order chi connectivity index (χ1) is 7.20. The summed E-state index contributed by atoms with van der Waals surface area (Å²) < 4.78 is 2.03. The van der Waals surface area contributed by atoms with Crippen LogP contribution in [0.15, 0.2) is 30.6 Å². The Bertz CT molecular complexity index is 495. The number of nitrogens with zero attached hydrogens (tertiary/aromatic N) is 3. The van der Waals surface area contributed by atoms with Gasteiger partial charge in [0, 0.05) is 6.20 Å². The van der Waals surface area contributed by atoms with E-state index in [1.807, 2.05) is 28.7 Å². The van der Waals surface area contributed by atoms with E-state index in [1.165, 1.54) is 10.9 Å². The maximum Gasteiger partial charge on any atom is 0.340 e. The van der Waals surface area contributed by atoms with Crippen molar-refractivity contribution in [2.75, 3.05) is 0 Å². The van der Waals surface area contributed by atoms with Gasteiger partial charge in [-0.05, 0) is 34.7 Å². The van der Waals surface area contributed by atoms with Crippen molar-refractivity contribution in [1.29, 1.82) is 0 Å². The average molecular weight is 315 g/mol. The molecule has 2 aromatic rings. The van der Waals surface area contributed by atoms with Gasteiger partial charge in [0.25, 0.3) is 0 Å². The molecule has 6 heteroatoms. The Balaban J connectivity index is 2.52. The standard InChI is InChI=1S/C9H6IN3O2/c10-8-6(9(14)15)5-12-13(8)7-3-1-2-4-11-7/h1-5H,(H,14,15). The summed E-state index contributed by atoms with van der Waals surface area (Å²) in [5.74, 6) is -0.379. The number of hydrogen-bond donors (Lipinski definition) is 1. The van der Waals surface area contributed by atoms with Gasteiger partial charge in [-0.1, -0.05) is 6.07 Å². The van der Waals surface area contributed by atoms with Gasteiger partial charge in [0.2, 0.25) is 0 Å². The van der Waals surface area contributed by atoms with E-state index in [2.05, 4.69) is 10.1 Å². The van der Waals surface area contributed by atoms with Crippen molar-refractivity contribution >= 4 is 28.6 Å². The van der Waals surface area contributed by atoms with Crippen LogP contribution in [0, 0.1) is 3.70 Å². The molecule has 0 unspecified atom stereocenters. The Morgan fingerprint density at radius 2 is 2.27 bits per heavy atom. The normalized spacial score (nSPS) is 10.2. The second-order valence-electron chi connectivity index (χ2n) is 2.75. The van der Waals surface area contributed by atoms with Crippen LogP contribution >= 0.6 is 22.6 Å². The van der Waals surface area contributed by atoms with E-state index in [1.54, 1.807) is 18.3 Å². The molecule has 0 fully saturated rings. The van der Waals surface area contributed by atoms with Gasteiger partial charge in [-0.15, -0.1) is 0 Å². The number of aromatic carboxylic acids is 1. The molecular formula is C9H6IN3O2. The lowest BCUT2D eigenvalue weighted by Gasteiger charge is -2.00. The van der Waals surface area contributed by atoms with Crippen LogP contribution in [0.4, 0.5) is 0 Å². The number of rotatable bonds is 2. The summed E-state index contributed by atoms with van der Waals surface area (Å²) in [6.45, 7) is 0. The molecule has 0 aliphatic carbocycles. The largest absolute Gasteiger partial charge is 0.478 e. The number of pyridine rings is 1. The quantitative estimate of drug-likeness (QED) is 0.854. The van der Waals surface area contributed by atoms with Crippen molar-refractivity contribution in [3.63, 3.8) is 0 Å². The van der Waals surface area contributed by atoms with Gasteiger partial charge >= 0.3 is 5.97 Å². The van der Waals surface area contributed by atoms with E-state index in [4.69, 9.17) is 5.11 Å². The van der Waals surface area contributed by atoms with E-state index in [0.29, 0.717) is 9.52 Å². The summed E-state index contributed by atoms with van der Waals surface area (Å²) in [6, 6.07) is 5.37. The van der Waals surface area contributed by atoms with E-state index in [0.717, 1.165) is 0 Å². The zero-order valence-corrected chi connectivity index (χ0v) is 9.62. The lowest BCUT2D eigenvalue weighted by Crippen LogP contribution is -2.03. The maximum atomic E-state index is 10.8. The Hall–Kier alpha value is -1.44. The van der Waals surface area contributed by atoms with Crippen LogP contribution in [-0.4, -0.2) is 25.8 Å². The Morgan fingerprint density at radius 3 is 2.80 bits per heavy atom. The lowest BCUT2D eigenvalue weighted by molar-refractivity contribution is 0.0695. The highest BCUT2D eigenvalue weighted by Crippen LogP contribution is 2.15. The minimum Gasteiger partial charge on any atom is -0.478 e. The second-order valence-corrected chi connectivity index (χ2v) is 3.78. The SMILES string of the molecule is O=C(O)c1cnn(-c2ccccn2)c1I. The monoisotopic (exact) mass is 315 g/mol. The van der Waals surface area contributed by atoms with Gasteiger partial charge in [0.15, 0.2) is 5.82 Å². The summed E-state index contributed by atoms with van der Waals surface area (Å²) in [4.78, 5) is 14.9. The number of halogens is 1. The smallest absolute Gasteiger partial charge is 0.340 e. The van der Waals surface area contributed by atoms with Crippen LogP contribution in [-0.2, 0) is 0 Å². The molecule has 76 valence electrons. The predicted molar refractivity (Wildman–Crippen MR) is 61.0 cm³/mol. The predicted octanol–water partition coefficient (Wildman–Crippen LogP) is 1.57. The Labute approximate surface area is 98.9 Å². The van der Waals surface area contributed by atoms with Gasteiger partial charge in [-0.3, -0.25) is 0 Å². The van der Waals surface area contributed by atoms with Crippen LogP contribution in [0.25, 0.3) is 5.82 Å². The van der Waals surface area contributed by atoms with Crippen molar-refractivity contribution in [1.82, 2.24) is 14.8 Å². The first kappa shape index (κ1) is 10.1. The van der Waals surface area contributed by atoms with Crippen molar-refractivity contribution in [3.8, 4) is 5.82 Å². The van der Waals surface area contributed by atoms with E-state index in [-0.39, 0.29) is 5.56 Å².